The maximum atomic E-state index is 12.2. The second-order valence-corrected chi connectivity index (χ2v) is 5.51. The molecule has 2 N–H and O–H groups in total. The van der Waals surface area contributed by atoms with Gasteiger partial charge in [0, 0.05) is 12.6 Å². The fraction of sp³-hybridized carbons (Fsp3) is 0.231. The van der Waals surface area contributed by atoms with Gasteiger partial charge in [0.05, 0.1) is 33.0 Å². The van der Waals surface area contributed by atoms with E-state index in [4.69, 9.17) is 17.3 Å². The van der Waals surface area contributed by atoms with Gasteiger partial charge < -0.3 is 5.73 Å². The van der Waals surface area contributed by atoms with Crippen molar-refractivity contribution in [3.05, 3.63) is 44.6 Å². The third-order valence-corrected chi connectivity index (χ3v) is 4.27. The predicted octanol–water partition coefficient (Wildman–Crippen LogP) is 3.15. The molecule has 0 spiro atoms. The van der Waals surface area contributed by atoms with Crippen molar-refractivity contribution in [2.75, 3.05) is 5.73 Å². The van der Waals surface area contributed by atoms with Crippen molar-refractivity contribution in [3.63, 3.8) is 0 Å². The van der Waals surface area contributed by atoms with E-state index < -0.39 is 0 Å². The third-order valence-electron chi connectivity index (χ3n) is 2.91. The highest BCUT2D eigenvalue weighted by Gasteiger charge is 2.16. The van der Waals surface area contributed by atoms with Gasteiger partial charge in [-0.3, -0.25) is 9.48 Å². The summed E-state index contributed by atoms with van der Waals surface area (Å²) in [6.07, 6.45) is 0.262. The van der Waals surface area contributed by atoms with Crippen molar-refractivity contribution in [2.24, 2.45) is 7.05 Å². The zero-order valence-electron chi connectivity index (χ0n) is 10.6. The molecule has 1 aromatic carbocycles. The second-order valence-electron chi connectivity index (χ2n) is 4.31. The predicted molar refractivity (Wildman–Crippen MR) is 79.5 cm³/mol. The third kappa shape index (κ3) is 2.82. The van der Waals surface area contributed by atoms with Crippen molar-refractivity contribution in [3.8, 4) is 0 Å². The highest BCUT2D eigenvalue weighted by atomic mass is 79.9. The van der Waals surface area contributed by atoms with Crippen molar-refractivity contribution in [2.45, 2.75) is 13.3 Å². The van der Waals surface area contributed by atoms with Gasteiger partial charge in [-0.1, -0.05) is 11.6 Å². The molecule has 19 heavy (non-hydrogen) atoms. The Morgan fingerprint density at radius 2 is 2.21 bits per heavy atom. The van der Waals surface area contributed by atoms with E-state index in [1.54, 1.807) is 22.9 Å². The monoisotopic (exact) mass is 341 g/mol. The molecule has 1 heterocycles. The number of rotatable bonds is 3. The Balaban J connectivity index is 2.28. The van der Waals surface area contributed by atoms with Crippen LogP contribution < -0.4 is 5.73 Å². The molecule has 2 rings (SSSR count). The topological polar surface area (TPSA) is 60.9 Å². The number of carbonyl (C=O) groups excluding carboxylic acids is 1. The van der Waals surface area contributed by atoms with E-state index in [9.17, 15) is 4.79 Å². The minimum Gasteiger partial charge on any atom is -0.398 e. The number of nitrogen functional groups attached to an aromatic ring is 1. The summed E-state index contributed by atoms with van der Waals surface area (Å²) >= 11 is 9.37. The Labute approximate surface area is 124 Å². The summed E-state index contributed by atoms with van der Waals surface area (Å²) < 4.78 is 2.57. The first kappa shape index (κ1) is 14.1. The maximum absolute atomic E-state index is 12.2. The fourth-order valence-corrected chi connectivity index (χ4v) is 2.48. The fourth-order valence-electron chi connectivity index (χ4n) is 1.83. The van der Waals surface area contributed by atoms with Crippen molar-refractivity contribution in [1.82, 2.24) is 9.78 Å². The molecule has 0 radical (unpaired) electrons. The van der Waals surface area contributed by atoms with Crippen LogP contribution in [0, 0.1) is 6.92 Å². The normalized spacial score (nSPS) is 10.7. The zero-order valence-corrected chi connectivity index (χ0v) is 12.9. The van der Waals surface area contributed by atoms with Crippen LogP contribution in [-0.4, -0.2) is 15.6 Å². The zero-order chi connectivity index (χ0) is 14.2. The molecule has 2 aromatic rings. The smallest absolute Gasteiger partial charge is 0.168 e. The van der Waals surface area contributed by atoms with Crippen LogP contribution in [0.3, 0.4) is 0 Å². The van der Waals surface area contributed by atoms with E-state index >= 15 is 0 Å². The number of ketones is 1. The minimum absolute atomic E-state index is 0.0226. The Kier molecular flexibility index (Phi) is 3.96. The summed E-state index contributed by atoms with van der Waals surface area (Å²) in [5.74, 6) is -0.0226. The summed E-state index contributed by atoms with van der Waals surface area (Å²) in [6.45, 7) is 1.89. The maximum Gasteiger partial charge on any atom is 0.168 e. The molecule has 0 amide bonds. The van der Waals surface area contributed by atoms with Gasteiger partial charge in [-0.05, 0) is 41.1 Å². The number of Topliss-reactive ketones (excluding diaryl/α,β-unsaturated/α-hetero) is 1. The van der Waals surface area contributed by atoms with Gasteiger partial charge in [0.1, 0.15) is 0 Å². The summed E-state index contributed by atoms with van der Waals surface area (Å²) in [6, 6.07) is 4.91. The first-order valence-electron chi connectivity index (χ1n) is 5.66. The lowest BCUT2D eigenvalue weighted by Crippen LogP contribution is -2.08. The van der Waals surface area contributed by atoms with Crippen LogP contribution in [0.4, 0.5) is 5.69 Å². The molecular weight excluding hydrogens is 330 g/mol. The largest absolute Gasteiger partial charge is 0.398 e. The molecule has 6 heteroatoms. The highest BCUT2D eigenvalue weighted by molar-refractivity contribution is 9.10. The molecule has 0 aliphatic rings. The molecule has 0 atom stereocenters. The molecule has 0 aliphatic carbocycles. The molecule has 0 saturated heterocycles. The van der Waals surface area contributed by atoms with Gasteiger partial charge in [-0.25, -0.2) is 0 Å². The molecule has 4 nitrogen and oxygen atoms in total. The van der Waals surface area contributed by atoms with Crippen molar-refractivity contribution >= 4 is 39.0 Å². The molecule has 0 aliphatic heterocycles. The van der Waals surface area contributed by atoms with Crippen LogP contribution in [0.15, 0.2) is 22.7 Å². The molecular formula is C13H13BrClN3O. The number of carbonyl (C=O) groups is 1. The van der Waals surface area contributed by atoms with Crippen LogP contribution in [0.5, 0.6) is 0 Å². The van der Waals surface area contributed by atoms with Crippen LogP contribution in [0.2, 0.25) is 5.02 Å². The Hall–Kier alpha value is -1.33. The van der Waals surface area contributed by atoms with Crippen LogP contribution in [0.1, 0.15) is 21.7 Å². The lowest BCUT2D eigenvalue weighted by atomic mass is 10.1. The minimum atomic E-state index is -0.0226. The number of nitrogens with two attached hydrogens (primary N) is 1. The summed E-state index contributed by atoms with van der Waals surface area (Å²) in [5, 5.41) is 4.66. The quantitative estimate of drug-likeness (QED) is 0.688. The van der Waals surface area contributed by atoms with Gasteiger partial charge in [0.25, 0.3) is 0 Å². The summed E-state index contributed by atoms with van der Waals surface area (Å²) in [4.78, 5) is 12.2. The highest BCUT2D eigenvalue weighted by Crippen LogP contribution is 2.24. The van der Waals surface area contributed by atoms with E-state index in [1.165, 1.54) is 0 Å². The Morgan fingerprint density at radius 1 is 1.53 bits per heavy atom. The molecule has 0 unspecified atom stereocenters. The number of nitrogens with zero attached hydrogens (tertiary/aromatic N) is 2. The van der Waals surface area contributed by atoms with Crippen LogP contribution in [-0.2, 0) is 13.5 Å². The van der Waals surface area contributed by atoms with Gasteiger partial charge in [0.2, 0.25) is 0 Å². The van der Waals surface area contributed by atoms with E-state index in [1.807, 2.05) is 14.0 Å². The molecule has 0 fully saturated rings. The number of hydrogen-bond acceptors (Lipinski definition) is 3. The van der Waals surface area contributed by atoms with Crippen LogP contribution >= 0.6 is 27.5 Å². The lowest BCUT2D eigenvalue weighted by Gasteiger charge is -2.05. The standard InChI is InChI=1S/C13H13BrClN3O/c1-7-13(14)11(18(2)17-7)6-12(19)8-3-4-10(16)9(15)5-8/h3-5H,6,16H2,1-2H3. The molecule has 1 aromatic heterocycles. The number of anilines is 1. The average molecular weight is 343 g/mol. The second kappa shape index (κ2) is 5.35. The first-order chi connectivity index (χ1) is 8.90. The van der Waals surface area contributed by atoms with E-state index in [-0.39, 0.29) is 12.2 Å². The lowest BCUT2D eigenvalue weighted by molar-refractivity contribution is 0.0990. The first-order valence-corrected chi connectivity index (χ1v) is 6.83. The Morgan fingerprint density at radius 3 is 2.74 bits per heavy atom. The number of hydrogen-bond donors (Lipinski definition) is 1. The van der Waals surface area contributed by atoms with E-state index in [0.717, 1.165) is 15.9 Å². The molecule has 100 valence electrons. The van der Waals surface area contributed by atoms with E-state index in [0.29, 0.717) is 16.3 Å². The number of aromatic nitrogens is 2. The summed E-state index contributed by atoms with van der Waals surface area (Å²) in [7, 11) is 1.82. The average Bonchev–Trinajstić information content (AvgIpc) is 2.59. The SMILES string of the molecule is Cc1nn(C)c(CC(=O)c2ccc(N)c(Cl)c2)c1Br. The van der Waals surface area contributed by atoms with Crippen molar-refractivity contribution < 1.29 is 4.79 Å². The van der Waals surface area contributed by atoms with Gasteiger partial charge in [0.15, 0.2) is 5.78 Å². The molecule has 0 bridgehead atoms. The van der Waals surface area contributed by atoms with Gasteiger partial charge >= 0.3 is 0 Å². The van der Waals surface area contributed by atoms with Gasteiger partial charge in [-0.15, -0.1) is 0 Å². The molecule has 0 saturated carbocycles. The number of aryl methyl sites for hydroxylation is 2. The summed E-state index contributed by atoms with van der Waals surface area (Å²) in [5.41, 5.74) is 8.35. The van der Waals surface area contributed by atoms with Gasteiger partial charge in [-0.2, -0.15) is 5.10 Å². The van der Waals surface area contributed by atoms with Crippen molar-refractivity contribution in [1.29, 1.82) is 0 Å². The number of halogens is 2. The van der Waals surface area contributed by atoms with Crippen LogP contribution in [0.25, 0.3) is 0 Å². The Bertz CT molecular complexity index is 652. The van der Waals surface area contributed by atoms with E-state index in [2.05, 4.69) is 21.0 Å². The number of benzene rings is 1.